The van der Waals surface area contributed by atoms with Gasteiger partial charge in [0.15, 0.2) is 11.6 Å². The van der Waals surface area contributed by atoms with Crippen molar-refractivity contribution in [3.63, 3.8) is 0 Å². The highest BCUT2D eigenvalue weighted by atomic mass is 19.1. The minimum absolute atomic E-state index is 0.00352. The van der Waals surface area contributed by atoms with Crippen molar-refractivity contribution in [3.05, 3.63) is 65.6 Å². The number of aliphatic hydroxyl groups is 2. The number of pyridine rings is 1. The Kier molecular flexibility index (Phi) is 8.11. The average molecular weight is 527 g/mol. The molecule has 1 aliphatic rings. The Morgan fingerprint density at radius 1 is 1.11 bits per heavy atom. The quantitative estimate of drug-likeness (QED) is 0.315. The fourth-order valence-corrected chi connectivity index (χ4v) is 4.18. The van der Waals surface area contributed by atoms with Crippen LogP contribution in [-0.4, -0.2) is 60.1 Å². The van der Waals surface area contributed by atoms with Crippen LogP contribution in [0.3, 0.4) is 0 Å². The molecule has 0 radical (unpaired) electrons. The molecule has 1 aliphatic heterocycles. The van der Waals surface area contributed by atoms with Crippen LogP contribution in [0.2, 0.25) is 0 Å². The van der Waals surface area contributed by atoms with E-state index in [9.17, 15) is 19.6 Å². The Morgan fingerprint density at radius 2 is 1.84 bits per heavy atom. The highest BCUT2D eigenvalue weighted by Crippen LogP contribution is 2.45. The maximum atomic E-state index is 15.5. The fourth-order valence-electron chi connectivity index (χ4n) is 4.18. The van der Waals surface area contributed by atoms with Crippen molar-refractivity contribution < 1.29 is 28.2 Å². The molecule has 4 rings (SSSR count). The molecule has 0 aliphatic carbocycles. The highest BCUT2D eigenvalue weighted by Gasteiger charge is 2.36. The number of fused-ring (bicyclic) bond motifs is 3. The minimum atomic E-state index is -1.04. The third kappa shape index (κ3) is 5.26. The first-order chi connectivity index (χ1) is 18.3. The van der Waals surface area contributed by atoms with Gasteiger partial charge in [-0.2, -0.15) is 5.26 Å². The number of carbonyl (C=O) groups excluding carboxylic acids is 1. The summed E-state index contributed by atoms with van der Waals surface area (Å²) in [6.45, 7) is 2.07. The zero-order valence-electron chi connectivity index (χ0n) is 20.4. The summed E-state index contributed by atoms with van der Waals surface area (Å²) in [5.74, 6) is -2.63. The number of urea groups is 1. The summed E-state index contributed by atoms with van der Waals surface area (Å²) >= 11 is 0. The number of aliphatic hydroxyl groups excluding tert-OH is 2. The lowest BCUT2D eigenvalue weighted by molar-refractivity contribution is 0.0949. The van der Waals surface area contributed by atoms with E-state index in [2.05, 4.69) is 15.6 Å². The summed E-state index contributed by atoms with van der Waals surface area (Å²) in [4.78, 5) is 19.8. The van der Waals surface area contributed by atoms with E-state index < -0.39 is 41.9 Å². The van der Waals surface area contributed by atoms with Crippen molar-refractivity contribution in [2.24, 2.45) is 0 Å². The molecule has 0 spiro atoms. The summed E-state index contributed by atoms with van der Waals surface area (Å²) in [6, 6.07) is 8.65. The lowest BCUT2D eigenvalue weighted by atomic mass is 10.0. The summed E-state index contributed by atoms with van der Waals surface area (Å²) < 4.78 is 45.2. The Hall–Kier alpha value is -4.18. The second-order valence-electron chi connectivity index (χ2n) is 8.49. The molecule has 0 bridgehead atoms. The number of hydrogen-bond acceptors (Lipinski definition) is 7. The number of halogens is 3. The first kappa shape index (κ1) is 26.9. The van der Waals surface area contributed by atoms with E-state index in [-0.39, 0.29) is 53.5 Å². The summed E-state index contributed by atoms with van der Waals surface area (Å²) in [5, 5.41) is 33.4. The third-order valence-corrected chi connectivity index (χ3v) is 5.95. The number of aromatic nitrogens is 1. The molecule has 0 fully saturated rings. The van der Waals surface area contributed by atoms with Crippen LogP contribution in [0.5, 0.6) is 0 Å². The van der Waals surface area contributed by atoms with Gasteiger partial charge < -0.3 is 20.8 Å². The average Bonchev–Trinajstić information content (AvgIpc) is 2.99. The van der Waals surface area contributed by atoms with Gasteiger partial charge in [-0.25, -0.2) is 22.9 Å². The Morgan fingerprint density at radius 3 is 2.50 bits per heavy atom. The molecule has 2 amide bonds. The normalized spacial score (nSPS) is 13.4. The molecule has 9 nitrogen and oxygen atoms in total. The van der Waals surface area contributed by atoms with Crippen LogP contribution in [0.1, 0.15) is 12.5 Å². The number of hydrogen-bond donors (Lipinski definition) is 4. The van der Waals surface area contributed by atoms with Crippen molar-refractivity contribution in [1.29, 1.82) is 5.26 Å². The number of nitriles is 1. The Labute approximate surface area is 216 Å². The fraction of sp³-hybridized carbons (Fsp3) is 0.269. The van der Waals surface area contributed by atoms with E-state index in [1.165, 1.54) is 29.2 Å². The number of carbonyl (C=O) groups is 1. The summed E-state index contributed by atoms with van der Waals surface area (Å²) in [6.07, 6.45) is 0.0367. The van der Waals surface area contributed by atoms with E-state index in [1.54, 1.807) is 6.92 Å². The first-order valence-electron chi connectivity index (χ1n) is 11.8. The standard InChI is InChI=1S/C26H25F3N6O3/c1-2-34-25-20(8-16(27)12-33-25)19-4-3-15(11-30)7-23(19)35(26(34)38)24-21(28)9-17(10-22(24)29)32-6-5-31-13-18(37)14-36/h3-4,7-10,12,18,31-32,36-37H,2,5-6,13-14H2,1H3/t18-/m0/s1. The van der Waals surface area contributed by atoms with E-state index in [4.69, 9.17) is 5.11 Å². The second-order valence-corrected chi connectivity index (χ2v) is 8.49. The molecule has 12 heteroatoms. The van der Waals surface area contributed by atoms with Gasteiger partial charge in [-0.15, -0.1) is 0 Å². The van der Waals surface area contributed by atoms with Gasteiger partial charge >= 0.3 is 6.03 Å². The highest BCUT2D eigenvalue weighted by molar-refractivity contribution is 6.14. The molecular formula is C26H25F3N6O3. The molecule has 198 valence electrons. The first-order valence-corrected chi connectivity index (χ1v) is 11.8. The topological polar surface area (TPSA) is 125 Å². The number of benzene rings is 2. The predicted molar refractivity (Wildman–Crippen MR) is 136 cm³/mol. The van der Waals surface area contributed by atoms with Crippen LogP contribution in [0.4, 0.5) is 40.8 Å². The number of nitrogens with one attached hydrogen (secondary N) is 2. The van der Waals surface area contributed by atoms with Crippen LogP contribution >= 0.6 is 0 Å². The number of anilines is 4. The van der Waals surface area contributed by atoms with E-state index >= 15 is 8.78 Å². The predicted octanol–water partition coefficient (Wildman–Crippen LogP) is 3.49. The number of nitrogens with zero attached hydrogens (tertiary/aromatic N) is 4. The van der Waals surface area contributed by atoms with Crippen molar-refractivity contribution >= 4 is 28.9 Å². The van der Waals surface area contributed by atoms with Gasteiger partial charge in [-0.3, -0.25) is 9.80 Å². The lowest BCUT2D eigenvalue weighted by Crippen LogP contribution is -2.41. The molecular weight excluding hydrogens is 501 g/mol. The van der Waals surface area contributed by atoms with Crippen LogP contribution in [0, 0.1) is 28.8 Å². The third-order valence-electron chi connectivity index (χ3n) is 5.95. The van der Waals surface area contributed by atoms with Gasteiger partial charge in [0.2, 0.25) is 0 Å². The van der Waals surface area contributed by atoms with Crippen molar-refractivity contribution in [2.45, 2.75) is 13.0 Å². The van der Waals surface area contributed by atoms with Gasteiger partial charge in [-0.1, -0.05) is 6.07 Å². The lowest BCUT2D eigenvalue weighted by Gasteiger charge is -2.28. The second kappa shape index (κ2) is 11.5. The van der Waals surface area contributed by atoms with E-state index in [0.717, 1.165) is 23.2 Å². The SMILES string of the molecule is CCN1C(=O)N(c2c(F)cc(NCCNC[C@H](O)CO)cc2F)c2cc(C#N)ccc2-c2cc(F)cnc21. The zero-order valence-corrected chi connectivity index (χ0v) is 20.4. The maximum absolute atomic E-state index is 15.5. The van der Waals surface area contributed by atoms with E-state index in [0.29, 0.717) is 6.54 Å². The zero-order chi connectivity index (χ0) is 27.4. The minimum Gasteiger partial charge on any atom is -0.394 e. The van der Waals surface area contributed by atoms with Gasteiger partial charge in [0, 0.05) is 43.0 Å². The van der Waals surface area contributed by atoms with Crippen LogP contribution in [0.25, 0.3) is 11.1 Å². The smallest absolute Gasteiger partial charge is 0.334 e. The Balaban J connectivity index is 1.75. The molecule has 2 heterocycles. The van der Waals surface area contributed by atoms with Crippen LogP contribution in [-0.2, 0) is 0 Å². The van der Waals surface area contributed by atoms with Crippen molar-refractivity contribution in [2.75, 3.05) is 47.9 Å². The van der Waals surface area contributed by atoms with Crippen molar-refractivity contribution in [1.82, 2.24) is 10.3 Å². The molecule has 2 aromatic carbocycles. The molecule has 1 atom stereocenters. The van der Waals surface area contributed by atoms with E-state index in [1.807, 2.05) is 6.07 Å². The largest absolute Gasteiger partial charge is 0.394 e. The molecule has 0 unspecified atom stereocenters. The summed E-state index contributed by atoms with van der Waals surface area (Å²) in [5.41, 5.74) is 0.0976. The molecule has 3 aromatic rings. The van der Waals surface area contributed by atoms with Gasteiger partial charge in [-0.05, 0) is 37.3 Å². The van der Waals surface area contributed by atoms with Gasteiger partial charge in [0.25, 0.3) is 0 Å². The Bertz CT molecular complexity index is 1370. The molecule has 38 heavy (non-hydrogen) atoms. The molecule has 0 saturated heterocycles. The maximum Gasteiger partial charge on any atom is 0.334 e. The van der Waals surface area contributed by atoms with Crippen LogP contribution in [0.15, 0.2) is 42.6 Å². The van der Waals surface area contributed by atoms with Gasteiger partial charge in [0.1, 0.15) is 17.3 Å². The molecule has 0 saturated carbocycles. The number of amides is 2. The number of rotatable bonds is 9. The summed E-state index contributed by atoms with van der Waals surface area (Å²) in [7, 11) is 0. The van der Waals surface area contributed by atoms with Crippen molar-refractivity contribution in [3.8, 4) is 17.2 Å². The van der Waals surface area contributed by atoms with Gasteiger partial charge in [0.05, 0.1) is 36.2 Å². The molecule has 1 aromatic heterocycles. The molecule has 4 N–H and O–H groups in total. The van der Waals surface area contributed by atoms with Crippen LogP contribution < -0.4 is 20.4 Å². The monoisotopic (exact) mass is 526 g/mol.